The van der Waals surface area contributed by atoms with Gasteiger partial charge in [0.15, 0.2) is 7.05 Å². The molecule has 0 radical (unpaired) electrons. The first-order chi connectivity index (χ1) is 14.8. The van der Waals surface area contributed by atoms with E-state index in [0.29, 0.717) is 10.7 Å². The third-order valence-corrected chi connectivity index (χ3v) is 5.63. The highest BCUT2D eigenvalue weighted by atomic mass is 35.5. The predicted octanol–water partition coefficient (Wildman–Crippen LogP) is 1.87. The first-order valence-electron chi connectivity index (χ1n) is 8.67. The van der Waals surface area contributed by atoms with Crippen LogP contribution in [0.4, 0.5) is 11.5 Å². The van der Waals surface area contributed by atoms with E-state index in [0.717, 1.165) is 17.3 Å². The lowest BCUT2D eigenvalue weighted by Gasteiger charge is -2.10. The largest absolute Gasteiger partial charge is 0.435 e. The average molecular weight is 457 g/mol. The molecular weight excluding hydrogens is 442 g/mol. The molecule has 1 amide bonds. The number of nitrogens with one attached hydrogen (secondary N) is 2. The number of aromatic amines is 1. The predicted molar refractivity (Wildman–Crippen MR) is 113 cm³/mol. The van der Waals surface area contributed by atoms with Gasteiger partial charge in [0.05, 0.1) is 11.3 Å². The van der Waals surface area contributed by atoms with Crippen LogP contribution < -0.4 is 21.4 Å². The van der Waals surface area contributed by atoms with Gasteiger partial charge >= 0.3 is 11.3 Å². The quantitative estimate of drug-likeness (QED) is 0.386. The fraction of sp³-hybridized carbons (Fsp3) is 0.158. The van der Waals surface area contributed by atoms with Gasteiger partial charge in [-0.15, -0.1) is 0 Å². The number of benzene rings is 1. The first kappa shape index (κ1) is 21.9. The minimum Gasteiger partial charge on any atom is -0.383 e. The molecule has 0 saturated heterocycles. The number of anilines is 2. The van der Waals surface area contributed by atoms with E-state index in [9.17, 15) is 20.1 Å². The van der Waals surface area contributed by atoms with Crippen molar-refractivity contribution in [2.75, 3.05) is 16.8 Å². The highest BCUT2D eigenvalue weighted by molar-refractivity contribution is 8.00. The van der Waals surface area contributed by atoms with Crippen molar-refractivity contribution in [3.63, 3.8) is 0 Å². The average Bonchev–Trinajstić information content (AvgIpc) is 3.06. The molecule has 0 atom stereocenters. The Hall–Kier alpha value is -3.80. The van der Waals surface area contributed by atoms with Crippen molar-refractivity contribution in [1.29, 1.82) is 10.5 Å². The molecule has 0 aliphatic heterocycles. The molecular formula is C19H15ClN7O3S+. The van der Waals surface area contributed by atoms with Crippen molar-refractivity contribution < 1.29 is 14.0 Å². The number of nitrogens with zero attached hydrogens (tertiary/aromatic N) is 4. The van der Waals surface area contributed by atoms with Crippen molar-refractivity contribution in [2.45, 2.75) is 11.9 Å². The van der Waals surface area contributed by atoms with Gasteiger partial charge in [-0.1, -0.05) is 34.1 Å². The minimum absolute atomic E-state index is 0.0109. The summed E-state index contributed by atoms with van der Waals surface area (Å²) >= 11 is 7.01. The van der Waals surface area contributed by atoms with Gasteiger partial charge in [-0.2, -0.15) is 10.5 Å². The molecule has 0 spiro atoms. The van der Waals surface area contributed by atoms with Crippen LogP contribution in [0, 0.1) is 29.6 Å². The van der Waals surface area contributed by atoms with Gasteiger partial charge in [-0.3, -0.25) is 9.32 Å². The van der Waals surface area contributed by atoms with Crippen LogP contribution in [0.5, 0.6) is 0 Å². The Labute approximate surface area is 185 Å². The summed E-state index contributed by atoms with van der Waals surface area (Å²) in [5.41, 5.74) is 6.23. The zero-order valence-corrected chi connectivity index (χ0v) is 17.9. The zero-order chi connectivity index (χ0) is 22.7. The summed E-state index contributed by atoms with van der Waals surface area (Å²) in [6.45, 7) is 1.84. The molecule has 0 saturated carbocycles. The van der Waals surface area contributed by atoms with Gasteiger partial charge in [0.1, 0.15) is 34.1 Å². The van der Waals surface area contributed by atoms with Crippen molar-refractivity contribution in [2.24, 2.45) is 7.05 Å². The molecule has 0 fully saturated rings. The van der Waals surface area contributed by atoms with Crippen LogP contribution >= 0.6 is 23.4 Å². The third-order valence-electron chi connectivity index (χ3n) is 4.25. The summed E-state index contributed by atoms with van der Waals surface area (Å²) in [5, 5.41) is 24.9. The smallest absolute Gasteiger partial charge is 0.383 e. The molecule has 3 aromatic rings. The second-order valence-corrected chi connectivity index (χ2v) is 7.71. The Bertz CT molecular complexity index is 1330. The molecule has 0 unspecified atom stereocenters. The molecule has 2 heterocycles. The van der Waals surface area contributed by atoms with Crippen molar-refractivity contribution >= 4 is 40.8 Å². The maximum atomic E-state index is 12.4. The van der Waals surface area contributed by atoms with E-state index in [1.54, 1.807) is 18.2 Å². The lowest BCUT2D eigenvalue weighted by molar-refractivity contribution is -0.730. The molecule has 0 aliphatic carbocycles. The van der Waals surface area contributed by atoms with E-state index in [4.69, 9.17) is 21.9 Å². The molecule has 4 N–H and O–H groups in total. The van der Waals surface area contributed by atoms with Crippen molar-refractivity contribution in [1.82, 2.24) is 10.3 Å². The number of amides is 1. The number of thioether (sulfide) groups is 1. The van der Waals surface area contributed by atoms with Crippen molar-refractivity contribution in [3.8, 4) is 23.4 Å². The zero-order valence-electron chi connectivity index (χ0n) is 16.3. The van der Waals surface area contributed by atoms with Gasteiger partial charge in [-0.25, -0.2) is 9.78 Å². The number of halogens is 1. The fourth-order valence-electron chi connectivity index (χ4n) is 2.75. The Kier molecular flexibility index (Phi) is 6.30. The molecule has 0 aliphatic rings. The second kappa shape index (κ2) is 8.92. The summed E-state index contributed by atoms with van der Waals surface area (Å²) in [6.07, 6.45) is 0. The van der Waals surface area contributed by atoms with Gasteiger partial charge < -0.3 is 11.1 Å². The summed E-state index contributed by atoms with van der Waals surface area (Å²) < 4.78 is 5.95. The summed E-state index contributed by atoms with van der Waals surface area (Å²) in [4.78, 5) is 28.6. The molecule has 12 heteroatoms. The molecule has 31 heavy (non-hydrogen) atoms. The number of carbonyl (C=O) groups is 1. The fourth-order valence-corrected chi connectivity index (χ4v) is 3.73. The van der Waals surface area contributed by atoms with Crippen LogP contribution in [0.3, 0.4) is 0 Å². The minimum atomic E-state index is -0.786. The Balaban J connectivity index is 1.94. The summed E-state index contributed by atoms with van der Waals surface area (Å²) in [7, 11) is 1.48. The van der Waals surface area contributed by atoms with Crippen LogP contribution in [0.2, 0.25) is 5.02 Å². The van der Waals surface area contributed by atoms with E-state index in [1.165, 1.54) is 11.7 Å². The van der Waals surface area contributed by atoms with E-state index < -0.39 is 5.63 Å². The highest BCUT2D eigenvalue weighted by Gasteiger charge is 2.31. The topological polar surface area (TPSA) is 165 Å². The van der Waals surface area contributed by atoms with E-state index in [1.807, 2.05) is 19.1 Å². The third kappa shape index (κ3) is 4.38. The number of H-pyrrole nitrogens is 1. The van der Waals surface area contributed by atoms with Gasteiger partial charge in [0, 0.05) is 10.7 Å². The van der Waals surface area contributed by atoms with Crippen LogP contribution in [0.25, 0.3) is 11.3 Å². The standard InChI is InChI=1S/C19H14ClN7O3S/c1-9-3-4-10(5-13(9)20)24-14(28)8-31-18-12(7-22)15(11(6-21)17(23)25-18)16-19(29)30-26-27(16)2/h3-5H,8H2,1-2H3,(H3-,23,24,25,26,28,29)/p+1. The number of aryl methyl sites for hydroxylation is 2. The molecule has 0 bridgehead atoms. The van der Waals surface area contributed by atoms with Crippen molar-refractivity contribution in [3.05, 3.63) is 50.3 Å². The summed E-state index contributed by atoms with van der Waals surface area (Å²) in [5.74, 6) is -0.650. The van der Waals surface area contributed by atoms with Crippen LogP contribution in [0.15, 0.2) is 32.5 Å². The van der Waals surface area contributed by atoms with Crippen LogP contribution in [0.1, 0.15) is 16.7 Å². The first-order valence-corrected chi connectivity index (χ1v) is 10.0. The molecule has 3 rings (SSSR count). The van der Waals surface area contributed by atoms with Crippen LogP contribution in [-0.4, -0.2) is 21.9 Å². The number of nitriles is 2. The number of nitrogens with two attached hydrogens (primary N) is 1. The maximum Gasteiger partial charge on any atom is 0.435 e. The lowest BCUT2D eigenvalue weighted by atomic mass is 10.0. The number of nitrogen functional groups attached to an aromatic ring is 1. The molecule has 156 valence electrons. The highest BCUT2D eigenvalue weighted by Crippen LogP contribution is 2.33. The molecule has 2 aromatic heterocycles. The van der Waals surface area contributed by atoms with E-state index in [2.05, 4.69) is 15.6 Å². The number of aromatic nitrogens is 3. The lowest BCUT2D eigenvalue weighted by Crippen LogP contribution is -2.34. The van der Waals surface area contributed by atoms with E-state index >= 15 is 0 Å². The monoisotopic (exact) mass is 456 g/mol. The number of pyridine rings is 1. The van der Waals surface area contributed by atoms with Crippen LogP contribution in [-0.2, 0) is 11.8 Å². The Morgan fingerprint density at radius 3 is 2.68 bits per heavy atom. The normalized spacial score (nSPS) is 10.4. The molecule has 10 nitrogen and oxygen atoms in total. The summed E-state index contributed by atoms with van der Waals surface area (Å²) in [6, 6.07) is 8.93. The number of rotatable bonds is 5. The molecule has 1 aromatic carbocycles. The number of carbonyl (C=O) groups excluding carboxylic acids is 1. The number of hydrogen-bond donors (Lipinski definition) is 3. The van der Waals surface area contributed by atoms with Gasteiger partial charge in [0.2, 0.25) is 5.91 Å². The van der Waals surface area contributed by atoms with Gasteiger partial charge in [-0.05, 0) is 29.9 Å². The van der Waals surface area contributed by atoms with E-state index in [-0.39, 0.29) is 44.9 Å². The maximum absolute atomic E-state index is 12.4. The Morgan fingerprint density at radius 1 is 1.39 bits per heavy atom. The second-order valence-electron chi connectivity index (χ2n) is 6.34. The number of hydrogen-bond acceptors (Lipinski definition) is 8. The Morgan fingerprint density at radius 2 is 2.10 bits per heavy atom. The SMILES string of the molecule is Cc1ccc(NC(=O)CSc2nc(N)c(C#N)c(-c3c(=O)o[nH][n+]3C)c2C#N)cc1Cl. The van der Waals surface area contributed by atoms with Gasteiger partial charge in [0.25, 0.3) is 0 Å².